The lowest BCUT2D eigenvalue weighted by atomic mass is 10.1. The Morgan fingerprint density at radius 2 is 2.00 bits per heavy atom. The van der Waals surface area contributed by atoms with Crippen LogP contribution >= 0.6 is 27.3 Å². The highest BCUT2D eigenvalue weighted by atomic mass is 79.9. The van der Waals surface area contributed by atoms with Gasteiger partial charge in [0, 0.05) is 5.38 Å². The normalized spacial score (nSPS) is 10.2. The van der Waals surface area contributed by atoms with Gasteiger partial charge in [-0.2, -0.15) is 0 Å². The summed E-state index contributed by atoms with van der Waals surface area (Å²) in [5, 5.41) is 3.11. The second-order valence-electron chi connectivity index (χ2n) is 2.83. The molecule has 0 atom stereocenters. The zero-order valence-corrected chi connectivity index (χ0v) is 9.36. The van der Waals surface area contributed by atoms with Gasteiger partial charge in [-0.05, 0) is 39.5 Å². The number of hydrogen-bond donors (Lipinski definition) is 0. The van der Waals surface area contributed by atoms with Crippen molar-refractivity contribution in [1.82, 2.24) is 0 Å². The van der Waals surface area contributed by atoms with Crippen molar-refractivity contribution in [2.45, 2.75) is 6.42 Å². The quantitative estimate of drug-likeness (QED) is 0.760. The molecule has 0 N–H and O–H groups in total. The average molecular weight is 252 g/mol. The van der Waals surface area contributed by atoms with Gasteiger partial charge in [-0.25, -0.2) is 0 Å². The number of benzene rings is 1. The van der Waals surface area contributed by atoms with Crippen molar-refractivity contribution >= 4 is 27.3 Å². The molecule has 65 valence electrons. The summed E-state index contributed by atoms with van der Waals surface area (Å²) < 4.78 is 1.19. The van der Waals surface area contributed by atoms with Gasteiger partial charge in [0.05, 0.1) is 3.79 Å². The lowest BCUT2D eigenvalue weighted by Gasteiger charge is -1.98. The van der Waals surface area contributed by atoms with Crippen molar-refractivity contribution in [2.75, 3.05) is 0 Å². The van der Waals surface area contributed by atoms with Crippen molar-refractivity contribution < 1.29 is 0 Å². The topological polar surface area (TPSA) is 0 Å². The van der Waals surface area contributed by atoms with E-state index in [1.54, 1.807) is 11.3 Å². The summed E-state index contributed by atoms with van der Waals surface area (Å²) in [5.41, 5.74) is 2.66. The van der Waals surface area contributed by atoms with Gasteiger partial charge in [0.25, 0.3) is 0 Å². The summed E-state index contributed by atoms with van der Waals surface area (Å²) in [4.78, 5) is 0. The first kappa shape index (κ1) is 8.97. The first-order chi connectivity index (χ1) is 6.36. The molecular weight excluding hydrogens is 244 g/mol. The maximum Gasteiger partial charge on any atom is 0.0740 e. The maximum atomic E-state index is 3.51. The molecule has 2 rings (SSSR count). The molecule has 1 aromatic heterocycles. The molecule has 1 radical (unpaired) electrons. The summed E-state index contributed by atoms with van der Waals surface area (Å²) in [5.74, 6) is 0. The van der Waals surface area contributed by atoms with Crippen LogP contribution in [-0.2, 0) is 6.42 Å². The first-order valence-corrected chi connectivity index (χ1v) is 5.65. The highest BCUT2D eigenvalue weighted by molar-refractivity contribution is 9.11. The third kappa shape index (κ3) is 2.20. The highest BCUT2D eigenvalue weighted by Crippen LogP contribution is 2.24. The third-order valence-corrected chi connectivity index (χ3v) is 3.54. The lowest BCUT2D eigenvalue weighted by molar-refractivity contribution is 1.20. The van der Waals surface area contributed by atoms with E-state index in [4.69, 9.17) is 0 Å². The highest BCUT2D eigenvalue weighted by Gasteiger charge is 2.01. The fourth-order valence-corrected chi connectivity index (χ4v) is 2.31. The molecule has 2 heteroatoms. The molecule has 2 aromatic rings. The minimum atomic E-state index is 0.988. The Balaban J connectivity index is 2.20. The van der Waals surface area contributed by atoms with E-state index in [0.29, 0.717) is 0 Å². The summed E-state index contributed by atoms with van der Waals surface area (Å²) >= 11 is 5.13. The number of thiophene rings is 1. The van der Waals surface area contributed by atoms with E-state index in [-0.39, 0.29) is 0 Å². The lowest BCUT2D eigenvalue weighted by Crippen LogP contribution is -1.84. The average Bonchev–Trinajstić information content (AvgIpc) is 2.54. The van der Waals surface area contributed by atoms with Gasteiger partial charge in [0.1, 0.15) is 0 Å². The van der Waals surface area contributed by atoms with Gasteiger partial charge in [0.15, 0.2) is 0 Å². The fraction of sp³-hybridized carbons (Fsp3) is 0.0909. The van der Waals surface area contributed by atoms with Crippen LogP contribution in [0.3, 0.4) is 0 Å². The maximum absolute atomic E-state index is 3.51. The van der Waals surface area contributed by atoms with E-state index in [0.717, 1.165) is 6.42 Å². The summed E-state index contributed by atoms with van der Waals surface area (Å²) in [6.45, 7) is 0. The minimum absolute atomic E-state index is 0.988. The molecule has 0 nitrogen and oxygen atoms in total. The largest absolute Gasteiger partial charge is 0.127 e. The third-order valence-electron chi connectivity index (χ3n) is 1.87. The zero-order chi connectivity index (χ0) is 9.10. The van der Waals surface area contributed by atoms with E-state index < -0.39 is 0 Å². The molecule has 0 aliphatic rings. The van der Waals surface area contributed by atoms with E-state index >= 15 is 0 Å². The summed E-state index contributed by atoms with van der Waals surface area (Å²) in [6, 6.07) is 12.5. The fourth-order valence-electron chi connectivity index (χ4n) is 1.21. The van der Waals surface area contributed by atoms with Gasteiger partial charge >= 0.3 is 0 Å². The Hall–Kier alpha value is -0.600. The smallest absolute Gasteiger partial charge is 0.0740 e. The van der Waals surface area contributed by atoms with Gasteiger partial charge in [-0.1, -0.05) is 30.3 Å². The number of halogens is 1. The van der Waals surface area contributed by atoms with Crippen LogP contribution in [-0.4, -0.2) is 0 Å². The van der Waals surface area contributed by atoms with Crippen LogP contribution in [0.4, 0.5) is 0 Å². The molecule has 0 saturated heterocycles. The molecule has 0 spiro atoms. The van der Waals surface area contributed by atoms with Crippen molar-refractivity contribution in [3.05, 3.63) is 56.7 Å². The predicted molar refractivity (Wildman–Crippen MR) is 60.1 cm³/mol. The molecule has 13 heavy (non-hydrogen) atoms. The van der Waals surface area contributed by atoms with Crippen LogP contribution in [0.2, 0.25) is 0 Å². The Kier molecular flexibility index (Phi) is 2.81. The van der Waals surface area contributed by atoms with Gasteiger partial charge in [0.2, 0.25) is 0 Å². The molecule has 0 bridgehead atoms. The van der Waals surface area contributed by atoms with Crippen molar-refractivity contribution in [3.63, 3.8) is 0 Å². The molecule has 0 fully saturated rings. The van der Waals surface area contributed by atoms with E-state index in [1.807, 2.05) is 12.1 Å². The molecule has 0 amide bonds. The van der Waals surface area contributed by atoms with Crippen LogP contribution < -0.4 is 0 Å². The SMILES string of the molecule is Brc1s[c]cc1Cc1ccccc1. The Bertz CT molecular complexity index is 378. The molecule has 0 aliphatic carbocycles. The van der Waals surface area contributed by atoms with Crippen LogP contribution in [0.5, 0.6) is 0 Å². The van der Waals surface area contributed by atoms with Crippen molar-refractivity contribution in [1.29, 1.82) is 0 Å². The van der Waals surface area contributed by atoms with E-state index in [1.165, 1.54) is 14.9 Å². The monoisotopic (exact) mass is 251 g/mol. The van der Waals surface area contributed by atoms with Gasteiger partial charge in [-0.15, -0.1) is 11.3 Å². The standard InChI is InChI=1S/C11H8BrS/c12-11-10(6-7-13-11)8-9-4-2-1-3-5-9/h1-6H,8H2. The Morgan fingerprint density at radius 1 is 1.23 bits per heavy atom. The number of hydrogen-bond acceptors (Lipinski definition) is 1. The van der Waals surface area contributed by atoms with Crippen LogP contribution in [0.25, 0.3) is 0 Å². The predicted octanol–water partition coefficient (Wildman–Crippen LogP) is 3.90. The van der Waals surface area contributed by atoms with E-state index in [2.05, 4.69) is 45.6 Å². The van der Waals surface area contributed by atoms with Crippen LogP contribution in [0.1, 0.15) is 11.1 Å². The first-order valence-electron chi connectivity index (χ1n) is 4.04. The second-order valence-corrected chi connectivity index (χ2v) is 4.99. The molecule has 1 aromatic carbocycles. The zero-order valence-electron chi connectivity index (χ0n) is 6.96. The van der Waals surface area contributed by atoms with E-state index in [9.17, 15) is 0 Å². The molecular formula is C11H8BrS. The molecule has 0 saturated carbocycles. The Morgan fingerprint density at radius 3 is 2.62 bits per heavy atom. The minimum Gasteiger partial charge on any atom is -0.127 e. The molecule has 1 heterocycles. The Labute approximate surface area is 90.4 Å². The number of rotatable bonds is 2. The summed E-state index contributed by atoms with van der Waals surface area (Å²) in [6.07, 6.45) is 0.988. The molecule has 0 unspecified atom stereocenters. The molecule has 0 aliphatic heterocycles. The van der Waals surface area contributed by atoms with Crippen molar-refractivity contribution in [3.8, 4) is 0 Å². The van der Waals surface area contributed by atoms with Crippen molar-refractivity contribution in [2.24, 2.45) is 0 Å². The summed E-state index contributed by atoms with van der Waals surface area (Å²) in [7, 11) is 0. The van der Waals surface area contributed by atoms with Crippen LogP contribution in [0, 0.1) is 5.38 Å². The van der Waals surface area contributed by atoms with Gasteiger partial charge in [-0.3, -0.25) is 0 Å². The second kappa shape index (κ2) is 4.07. The van der Waals surface area contributed by atoms with Crippen LogP contribution in [0.15, 0.2) is 40.2 Å². The van der Waals surface area contributed by atoms with Gasteiger partial charge < -0.3 is 0 Å².